The van der Waals surface area contributed by atoms with Gasteiger partial charge in [-0.3, -0.25) is 9.69 Å². The van der Waals surface area contributed by atoms with Crippen LogP contribution in [0.4, 0.5) is 5.13 Å². The monoisotopic (exact) mass is 374 g/mol. The number of hydrogen-bond donors (Lipinski definition) is 1. The van der Waals surface area contributed by atoms with Crippen molar-refractivity contribution in [1.29, 1.82) is 0 Å². The average molecular weight is 375 g/mol. The van der Waals surface area contributed by atoms with Crippen LogP contribution in [0.1, 0.15) is 6.42 Å². The van der Waals surface area contributed by atoms with E-state index in [4.69, 9.17) is 0 Å². The van der Waals surface area contributed by atoms with E-state index in [1.165, 1.54) is 11.3 Å². The van der Waals surface area contributed by atoms with E-state index in [1.807, 2.05) is 16.8 Å². The summed E-state index contributed by atoms with van der Waals surface area (Å²) < 4.78 is 1.05. The zero-order valence-corrected chi connectivity index (χ0v) is 14.0. The van der Waals surface area contributed by atoms with Crippen LogP contribution in [0.25, 0.3) is 10.6 Å². The minimum atomic E-state index is 0.158. The highest BCUT2D eigenvalue weighted by molar-refractivity contribution is 9.10. The molecule has 1 aliphatic rings. The second-order valence-electron chi connectivity index (χ2n) is 4.37. The number of amides is 1. The van der Waals surface area contributed by atoms with Crippen molar-refractivity contribution in [2.75, 3.05) is 17.2 Å². The number of hydrogen-bond acceptors (Lipinski definition) is 5. The van der Waals surface area contributed by atoms with Crippen molar-refractivity contribution in [3.8, 4) is 10.6 Å². The molecule has 1 saturated heterocycles. The first-order valence-electron chi connectivity index (χ1n) is 5.79. The predicted molar refractivity (Wildman–Crippen MR) is 87.4 cm³/mol. The van der Waals surface area contributed by atoms with Gasteiger partial charge in [0.2, 0.25) is 5.91 Å². The van der Waals surface area contributed by atoms with Gasteiger partial charge in [-0.25, -0.2) is 4.98 Å². The van der Waals surface area contributed by atoms with Crippen LogP contribution in [0, 0.1) is 5.92 Å². The number of thiophene rings is 1. The fourth-order valence-corrected chi connectivity index (χ4v) is 4.76. The number of thiol groups is 1. The van der Waals surface area contributed by atoms with Crippen molar-refractivity contribution < 1.29 is 4.79 Å². The summed E-state index contributed by atoms with van der Waals surface area (Å²) in [6, 6.07) is 2.01. The van der Waals surface area contributed by atoms with Crippen molar-refractivity contribution in [2.45, 2.75) is 6.42 Å². The zero-order valence-electron chi connectivity index (χ0n) is 9.88. The number of carbonyl (C=O) groups excluding carboxylic acids is 1. The van der Waals surface area contributed by atoms with Gasteiger partial charge < -0.3 is 0 Å². The molecular weight excluding hydrogens is 364 g/mol. The molecule has 3 heterocycles. The van der Waals surface area contributed by atoms with Gasteiger partial charge in [0.15, 0.2) is 5.13 Å². The van der Waals surface area contributed by atoms with Gasteiger partial charge in [-0.1, -0.05) is 0 Å². The lowest BCUT2D eigenvalue weighted by atomic mass is 10.1. The Kier molecular flexibility index (Phi) is 3.98. The van der Waals surface area contributed by atoms with Crippen molar-refractivity contribution in [3.05, 3.63) is 21.3 Å². The van der Waals surface area contributed by atoms with Crippen LogP contribution in [0.2, 0.25) is 0 Å². The molecule has 2 aromatic heterocycles. The van der Waals surface area contributed by atoms with E-state index < -0.39 is 0 Å². The minimum absolute atomic E-state index is 0.158. The number of carbonyl (C=O) groups is 1. The number of thiazole rings is 1. The van der Waals surface area contributed by atoms with E-state index in [0.717, 1.165) is 32.5 Å². The third-order valence-electron chi connectivity index (χ3n) is 3.04. The molecule has 0 aromatic carbocycles. The molecule has 0 radical (unpaired) electrons. The zero-order chi connectivity index (χ0) is 13.4. The van der Waals surface area contributed by atoms with E-state index in [-0.39, 0.29) is 5.91 Å². The maximum Gasteiger partial charge on any atom is 0.229 e. The number of nitrogens with zero attached hydrogens (tertiary/aromatic N) is 2. The van der Waals surface area contributed by atoms with Crippen molar-refractivity contribution in [3.63, 3.8) is 0 Å². The summed E-state index contributed by atoms with van der Waals surface area (Å²) in [5.74, 6) is 1.25. The number of halogens is 1. The van der Waals surface area contributed by atoms with Crippen molar-refractivity contribution >= 4 is 62.3 Å². The topological polar surface area (TPSA) is 33.2 Å². The lowest BCUT2D eigenvalue weighted by Gasteiger charge is -2.11. The Morgan fingerprint density at radius 3 is 3.00 bits per heavy atom. The molecule has 7 heteroatoms. The maximum atomic E-state index is 12.0. The molecule has 3 rings (SSSR count). The molecule has 1 fully saturated rings. The first-order chi connectivity index (χ1) is 9.19. The van der Waals surface area contributed by atoms with E-state index in [0.29, 0.717) is 12.3 Å². The van der Waals surface area contributed by atoms with E-state index in [9.17, 15) is 4.79 Å². The third-order valence-corrected chi connectivity index (χ3v) is 6.28. The molecule has 0 spiro atoms. The molecule has 1 atom stereocenters. The highest BCUT2D eigenvalue weighted by Gasteiger charge is 2.31. The van der Waals surface area contributed by atoms with E-state index >= 15 is 0 Å². The summed E-state index contributed by atoms with van der Waals surface area (Å²) in [6.45, 7) is 0.737. The molecule has 3 nitrogen and oxygen atoms in total. The van der Waals surface area contributed by atoms with Crippen LogP contribution < -0.4 is 4.90 Å². The molecule has 1 amide bonds. The average Bonchev–Trinajstić information content (AvgIpc) is 3.07. The Labute approximate surface area is 133 Å². The van der Waals surface area contributed by atoms with Crippen LogP contribution in [0.3, 0.4) is 0 Å². The summed E-state index contributed by atoms with van der Waals surface area (Å²) in [5, 5.41) is 4.83. The van der Waals surface area contributed by atoms with Crippen LogP contribution in [0.15, 0.2) is 21.3 Å². The summed E-state index contributed by atoms with van der Waals surface area (Å²) in [7, 11) is 0. The Bertz CT molecular complexity index is 610. The second kappa shape index (κ2) is 5.55. The van der Waals surface area contributed by atoms with Gasteiger partial charge in [0.25, 0.3) is 0 Å². The molecule has 0 saturated carbocycles. The first kappa shape index (κ1) is 13.6. The third kappa shape index (κ3) is 2.61. The first-order valence-corrected chi connectivity index (χ1v) is 8.97. The molecule has 100 valence electrons. The van der Waals surface area contributed by atoms with E-state index in [2.05, 4.69) is 33.5 Å². The van der Waals surface area contributed by atoms with Crippen LogP contribution in [-0.2, 0) is 4.79 Å². The number of anilines is 1. The smallest absolute Gasteiger partial charge is 0.229 e. The molecule has 19 heavy (non-hydrogen) atoms. The Balaban J connectivity index is 1.86. The van der Waals surface area contributed by atoms with Gasteiger partial charge in [-0.2, -0.15) is 12.6 Å². The van der Waals surface area contributed by atoms with Gasteiger partial charge in [-0.15, -0.1) is 22.7 Å². The minimum Gasteiger partial charge on any atom is -0.288 e. The second-order valence-corrected chi connectivity index (χ2v) is 7.34. The van der Waals surface area contributed by atoms with Gasteiger partial charge in [-0.05, 0) is 39.0 Å². The fourth-order valence-electron chi connectivity index (χ4n) is 2.06. The standard InChI is InChI=1S/C12H11BrN2OS3/c13-8-1-2-18-11(8)9-6-19-12(14-9)15-4-7(5-17)3-10(15)16/h1-2,6-7,17H,3-5H2. The maximum absolute atomic E-state index is 12.0. The van der Waals surface area contributed by atoms with Crippen molar-refractivity contribution in [2.24, 2.45) is 5.92 Å². The molecule has 0 N–H and O–H groups in total. The largest absolute Gasteiger partial charge is 0.288 e. The Morgan fingerprint density at radius 2 is 2.37 bits per heavy atom. The summed E-state index contributed by atoms with van der Waals surface area (Å²) in [6.07, 6.45) is 0.584. The molecule has 1 unspecified atom stereocenters. The van der Waals surface area contributed by atoms with Gasteiger partial charge >= 0.3 is 0 Å². The summed E-state index contributed by atoms with van der Waals surface area (Å²) in [4.78, 5) is 19.5. The highest BCUT2D eigenvalue weighted by Crippen LogP contribution is 2.37. The number of rotatable bonds is 3. The molecule has 1 aliphatic heterocycles. The number of aromatic nitrogens is 1. The summed E-state index contributed by atoms with van der Waals surface area (Å²) in [5.41, 5.74) is 0.934. The molecular formula is C12H11BrN2OS3. The normalized spacial score (nSPS) is 19.4. The lowest BCUT2D eigenvalue weighted by Crippen LogP contribution is -2.24. The fraction of sp³-hybridized carbons (Fsp3) is 0.333. The van der Waals surface area contributed by atoms with Crippen LogP contribution in [0.5, 0.6) is 0 Å². The van der Waals surface area contributed by atoms with Gasteiger partial charge in [0.05, 0.1) is 10.6 Å². The van der Waals surface area contributed by atoms with Gasteiger partial charge in [0.1, 0.15) is 0 Å². The Hall–Kier alpha value is -0.370. The van der Waals surface area contributed by atoms with Crippen molar-refractivity contribution in [1.82, 2.24) is 4.98 Å². The van der Waals surface area contributed by atoms with Crippen LogP contribution >= 0.6 is 51.2 Å². The lowest BCUT2D eigenvalue weighted by molar-refractivity contribution is -0.117. The quantitative estimate of drug-likeness (QED) is 0.825. The Morgan fingerprint density at radius 1 is 1.53 bits per heavy atom. The molecule has 0 bridgehead atoms. The molecule has 2 aromatic rings. The SMILES string of the molecule is O=C1CC(CS)CN1c1nc(-c2sccc2Br)cs1. The summed E-state index contributed by atoms with van der Waals surface area (Å²) >= 11 is 11.0. The highest BCUT2D eigenvalue weighted by atomic mass is 79.9. The predicted octanol–water partition coefficient (Wildman–Crippen LogP) is 3.92. The van der Waals surface area contributed by atoms with Gasteiger partial charge in [0, 0.05) is 22.8 Å². The van der Waals surface area contributed by atoms with E-state index in [1.54, 1.807) is 16.2 Å². The molecule has 0 aliphatic carbocycles. The van der Waals surface area contributed by atoms with Crippen LogP contribution in [-0.4, -0.2) is 23.2 Å².